The van der Waals surface area contributed by atoms with Crippen LogP contribution in [0.1, 0.15) is 29.5 Å². The van der Waals surface area contributed by atoms with Gasteiger partial charge >= 0.3 is 0 Å². The lowest BCUT2D eigenvalue weighted by atomic mass is 9.95. The van der Waals surface area contributed by atoms with Crippen LogP contribution >= 0.6 is 0 Å². The number of hydrogen-bond donors (Lipinski definition) is 2. The summed E-state index contributed by atoms with van der Waals surface area (Å²) in [6, 6.07) is 6.65. The fraction of sp³-hybridized carbons (Fsp3) is 0.533. The second-order valence-electron chi connectivity index (χ2n) is 5.44. The zero-order valence-electron chi connectivity index (χ0n) is 11.4. The highest BCUT2D eigenvalue weighted by molar-refractivity contribution is 5.79. The molecule has 0 aromatic heterocycles. The van der Waals surface area contributed by atoms with Gasteiger partial charge in [0.2, 0.25) is 0 Å². The minimum atomic E-state index is 0.305. The fourth-order valence-corrected chi connectivity index (χ4v) is 2.61. The molecule has 2 rings (SSSR count). The van der Waals surface area contributed by atoms with Gasteiger partial charge in [-0.1, -0.05) is 23.8 Å². The van der Waals surface area contributed by atoms with E-state index in [0.29, 0.717) is 11.8 Å². The molecule has 1 saturated heterocycles. The van der Waals surface area contributed by atoms with Crippen LogP contribution in [-0.4, -0.2) is 23.8 Å². The second-order valence-corrected chi connectivity index (χ2v) is 5.44. The molecule has 0 bridgehead atoms. The van der Waals surface area contributed by atoms with Crippen LogP contribution < -0.4 is 5.73 Å². The summed E-state index contributed by atoms with van der Waals surface area (Å²) in [5.41, 5.74) is 9.70. The third-order valence-corrected chi connectivity index (χ3v) is 3.93. The normalized spacial score (nSPS) is 17.9. The Labute approximate surface area is 109 Å². The van der Waals surface area contributed by atoms with Crippen molar-refractivity contribution in [1.29, 1.82) is 5.41 Å². The molecule has 3 heteroatoms. The number of amidine groups is 1. The molecule has 3 N–H and O–H groups in total. The van der Waals surface area contributed by atoms with E-state index < -0.39 is 0 Å². The van der Waals surface area contributed by atoms with Crippen molar-refractivity contribution in [2.75, 3.05) is 13.1 Å². The minimum absolute atomic E-state index is 0.305. The maximum Gasteiger partial charge on any atom is 0.0937 e. The highest BCUT2D eigenvalue weighted by atomic mass is 15.1. The molecular formula is C15H23N3. The van der Waals surface area contributed by atoms with Crippen LogP contribution in [0.5, 0.6) is 0 Å². The van der Waals surface area contributed by atoms with Crippen LogP contribution in [0.3, 0.4) is 0 Å². The molecule has 0 atom stereocenters. The highest BCUT2D eigenvalue weighted by Gasteiger charge is 2.21. The van der Waals surface area contributed by atoms with E-state index in [-0.39, 0.29) is 0 Å². The molecule has 3 nitrogen and oxygen atoms in total. The van der Waals surface area contributed by atoms with Gasteiger partial charge in [-0.3, -0.25) is 10.3 Å². The third-order valence-electron chi connectivity index (χ3n) is 3.93. The Morgan fingerprint density at radius 3 is 2.61 bits per heavy atom. The topological polar surface area (TPSA) is 53.1 Å². The van der Waals surface area contributed by atoms with E-state index in [4.69, 9.17) is 11.1 Å². The number of aryl methyl sites for hydroxylation is 2. The van der Waals surface area contributed by atoms with Crippen molar-refractivity contribution in [1.82, 2.24) is 4.90 Å². The molecule has 0 aliphatic carbocycles. The fourth-order valence-electron chi connectivity index (χ4n) is 2.61. The molecule has 98 valence electrons. The standard InChI is InChI=1S/C15H23N3/c1-11-3-4-12(2)14(9-11)10-18-7-5-13(6-8-18)15(16)17/h3-4,9,13H,5-8,10H2,1-2H3,(H3,16,17). The number of hydrogen-bond acceptors (Lipinski definition) is 2. The number of benzene rings is 1. The van der Waals surface area contributed by atoms with Gasteiger partial charge in [-0.05, 0) is 50.9 Å². The number of likely N-dealkylation sites (tertiary alicyclic amines) is 1. The van der Waals surface area contributed by atoms with Gasteiger partial charge in [0.15, 0.2) is 0 Å². The number of nitrogens with two attached hydrogens (primary N) is 1. The highest BCUT2D eigenvalue weighted by Crippen LogP contribution is 2.20. The van der Waals surface area contributed by atoms with Crippen molar-refractivity contribution in [3.05, 3.63) is 34.9 Å². The van der Waals surface area contributed by atoms with E-state index in [1.807, 2.05) is 0 Å². The monoisotopic (exact) mass is 245 g/mol. The van der Waals surface area contributed by atoms with E-state index in [0.717, 1.165) is 32.5 Å². The van der Waals surface area contributed by atoms with Gasteiger partial charge in [0.05, 0.1) is 5.84 Å². The summed E-state index contributed by atoms with van der Waals surface area (Å²) in [6.45, 7) is 7.45. The quantitative estimate of drug-likeness (QED) is 0.635. The molecule has 0 unspecified atom stereocenters. The van der Waals surface area contributed by atoms with E-state index in [1.54, 1.807) is 0 Å². The summed E-state index contributed by atoms with van der Waals surface area (Å²) < 4.78 is 0. The van der Waals surface area contributed by atoms with Gasteiger partial charge in [0.1, 0.15) is 0 Å². The summed E-state index contributed by atoms with van der Waals surface area (Å²) in [7, 11) is 0. The van der Waals surface area contributed by atoms with Crippen LogP contribution in [0.25, 0.3) is 0 Å². The van der Waals surface area contributed by atoms with Crippen LogP contribution in [-0.2, 0) is 6.54 Å². The average molecular weight is 245 g/mol. The zero-order chi connectivity index (χ0) is 13.1. The Hall–Kier alpha value is -1.35. The van der Waals surface area contributed by atoms with E-state index in [2.05, 4.69) is 36.9 Å². The predicted octanol–water partition coefficient (Wildman–Crippen LogP) is 2.45. The SMILES string of the molecule is Cc1ccc(C)c(CN2CCC(C(=N)N)CC2)c1. The average Bonchev–Trinajstić information content (AvgIpc) is 2.34. The van der Waals surface area contributed by atoms with Crippen LogP contribution in [0.2, 0.25) is 0 Å². The lowest BCUT2D eigenvalue weighted by Gasteiger charge is -2.31. The van der Waals surface area contributed by atoms with Gasteiger partial charge in [0, 0.05) is 12.5 Å². The molecule has 0 saturated carbocycles. The number of rotatable bonds is 3. The molecule has 0 radical (unpaired) electrons. The predicted molar refractivity (Wildman–Crippen MR) is 75.8 cm³/mol. The van der Waals surface area contributed by atoms with Gasteiger partial charge in [-0.15, -0.1) is 0 Å². The molecule has 1 aliphatic rings. The van der Waals surface area contributed by atoms with E-state index >= 15 is 0 Å². The first-order valence-electron chi connectivity index (χ1n) is 6.68. The smallest absolute Gasteiger partial charge is 0.0937 e. The van der Waals surface area contributed by atoms with Gasteiger partial charge < -0.3 is 5.73 Å². The minimum Gasteiger partial charge on any atom is -0.387 e. The maximum atomic E-state index is 7.50. The first kappa shape index (κ1) is 13.1. The van der Waals surface area contributed by atoms with Gasteiger partial charge in [-0.2, -0.15) is 0 Å². The van der Waals surface area contributed by atoms with Gasteiger partial charge in [-0.25, -0.2) is 0 Å². The summed E-state index contributed by atoms with van der Waals surface area (Å²) in [6.07, 6.45) is 2.06. The molecule has 18 heavy (non-hydrogen) atoms. The molecule has 1 aliphatic heterocycles. The summed E-state index contributed by atoms with van der Waals surface area (Å²) in [5.74, 6) is 0.668. The van der Waals surface area contributed by atoms with Crippen LogP contribution in [0.15, 0.2) is 18.2 Å². The Morgan fingerprint density at radius 2 is 2.00 bits per heavy atom. The Kier molecular flexibility index (Phi) is 4.02. The summed E-state index contributed by atoms with van der Waals surface area (Å²) in [4.78, 5) is 2.47. The van der Waals surface area contributed by atoms with Crippen molar-refractivity contribution in [2.24, 2.45) is 11.7 Å². The van der Waals surface area contributed by atoms with Crippen molar-refractivity contribution in [3.63, 3.8) is 0 Å². The van der Waals surface area contributed by atoms with Crippen molar-refractivity contribution >= 4 is 5.84 Å². The molecule has 1 aromatic carbocycles. The molecule has 1 aromatic rings. The van der Waals surface area contributed by atoms with Crippen LogP contribution in [0, 0.1) is 25.2 Å². The number of nitrogens with zero attached hydrogens (tertiary/aromatic N) is 1. The molecule has 1 fully saturated rings. The largest absolute Gasteiger partial charge is 0.387 e. The Bertz CT molecular complexity index is 431. The zero-order valence-corrected chi connectivity index (χ0v) is 11.4. The molecule has 0 amide bonds. The Morgan fingerprint density at radius 1 is 1.33 bits per heavy atom. The van der Waals surface area contributed by atoms with Crippen molar-refractivity contribution < 1.29 is 0 Å². The Balaban J connectivity index is 1.95. The van der Waals surface area contributed by atoms with Crippen LogP contribution in [0.4, 0.5) is 0 Å². The first-order chi connectivity index (χ1) is 8.56. The van der Waals surface area contributed by atoms with Gasteiger partial charge in [0.25, 0.3) is 0 Å². The lowest BCUT2D eigenvalue weighted by Crippen LogP contribution is -2.38. The van der Waals surface area contributed by atoms with E-state index in [1.165, 1.54) is 16.7 Å². The second kappa shape index (κ2) is 5.53. The van der Waals surface area contributed by atoms with Crippen molar-refractivity contribution in [3.8, 4) is 0 Å². The number of piperidine rings is 1. The molecule has 1 heterocycles. The first-order valence-corrected chi connectivity index (χ1v) is 6.68. The molecule has 0 spiro atoms. The number of nitrogens with one attached hydrogen (secondary N) is 1. The third kappa shape index (κ3) is 3.10. The summed E-state index contributed by atoms with van der Waals surface area (Å²) >= 11 is 0. The van der Waals surface area contributed by atoms with E-state index in [9.17, 15) is 0 Å². The lowest BCUT2D eigenvalue weighted by molar-refractivity contribution is 0.201. The summed E-state index contributed by atoms with van der Waals surface area (Å²) in [5, 5.41) is 7.50. The maximum absolute atomic E-state index is 7.50. The van der Waals surface area contributed by atoms with Crippen molar-refractivity contribution in [2.45, 2.75) is 33.2 Å². The molecular weight excluding hydrogens is 222 g/mol.